The quantitative estimate of drug-likeness (QED) is 0.791. The van der Waals surface area contributed by atoms with E-state index in [2.05, 4.69) is 14.5 Å². The number of hydrogen-bond donors (Lipinski definition) is 0. The Kier molecular flexibility index (Phi) is 4.22. The SMILES string of the molecule is Fc1ccc2nc(CCCl)n(CCN3CCCC3)c2c1. The summed E-state index contributed by atoms with van der Waals surface area (Å²) >= 11 is 5.86. The third kappa shape index (κ3) is 2.81. The zero-order chi connectivity index (χ0) is 13.9. The van der Waals surface area contributed by atoms with Gasteiger partial charge in [-0.3, -0.25) is 0 Å². The highest BCUT2D eigenvalue weighted by molar-refractivity contribution is 6.17. The minimum atomic E-state index is -0.211. The number of halogens is 2. The maximum Gasteiger partial charge on any atom is 0.125 e. The van der Waals surface area contributed by atoms with E-state index in [0.29, 0.717) is 5.88 Å². The molecule has 2 heterocycles. The summed E-state index contributed by atoms with van der Waals surface area (Å²) < 4.78 is 15.6. The lowest BCUT2D eigenvalue weighted by Gasteiger charge is -2.16. The molecule has 0 N–H and O–H groups in total. The zero-order valence-corrected chi connectivity index (χ0v) is 12.2. The van der Waals surface area contributed by atoms with Crippen LogP contribution in [-0.2, 0) is 13.0 Å². The molecule has 0 unspecified atom stereocenters. The average Bonchev–Trinajstić information content (AvgIpc) is 3.04. The van der Waals surface area contributed by atoms with E-state index < -0.39 is 0 Å². The third-order valence-corrected chi connectivity index (χ3v) is 4.13. The van der Waals surface area contributed by atoms with Gasteiger partial charge in [0.1, 0.15) is 11.6 Å². The summed E-state index contributed by atoms with van der Waals surface area (Å²) in [5.74, 6) is 1.28. The van der Waals surface area contributed by atoms with Gasteiger partial charge in [0, 0.05) is 25.4 Å². The summed E-state index contributed by atoms with van der Waals surface area (Å²) in [5.41, 5.74) is 1.73. The molecule has 1 fully saturated rings. The van der Waals surface area contributed by atoms with Gasteiger partial charge in [-0.15, -0.1) is 11.6 Å². The average molecular weight is 296 g/mol. The van der Waals surface area contributed by atoms with E-state index in [1.165, 1.54) is 32.0 Å². The molecule has 1 aromatic carbocycles. The minimum absolute atomic E-state index is 0.211. The van der Waals surface area contributed by atoms with Crippen LogP contribution in [0, 0.1) is 5.82 Å². The number of likely N-dealkylation sites (tertiary alicyclic amines) is 1. The van der Waals surface area contributed by atoms with Crippen LogP contribution in [0.15, 0.2) is 18.2 Å². The van der Waals surface area contributed by atoms with E-state index in [4.69, 9.17) is 11.6 Å². The molecular formula is C15H19ClFN3. The van der Waals surface area contributed by atoms with Crippen LogP contribution < -0.4 is 0 Å². The van der Waals surface area contributed by atoms with Gasteiger partial charge in [0.25, 0.3) is 0 Å². The van der Waals surface area contributed by atoms with Gasteiger partial charge in [-0.1, -0.05) is 0 Å². The van der Waals surface area contributed by atoms with Gasteiger partial charge >= 0.3 is 0 Å². The fraction of sp³-hybridized carbons (Fsp3) is 0.533. The maximum absolute atomic E-state index is 13.5. The molecule has 2 aromatic rings. The van der Waals surface area contributed by atoms with Gasteiger partial charge in [0.15, 0.2) is 0 Å². The first-order valence-electron chi connectivity index (χ1n) is 7.21. The van der Waals surface area contributed by atoms with Gasteiger partial charge in [-0.2, -0.15) is 0 Å². The first-order chi connectivity index (χ1) is 9.78. The predicted octanol–water partition coefficient (Wildman–Crippen LogP) is 3.05. The van der Waals surface area contributed by atoms with Gasteiger partial charge in [-0.05, 0) is 44.1 Å². The van der Waals surface area contributed by atoms with Crippen molar-refractivity contribution in [2.24, 2.45) is 0 Å². The number of imidazole rings is 1. The molecule has 0 bridgehead atoms. The normalized spacial score (nSPS) is 16.3. The number of rotatable bonds is 5. The highest BCUT2D eigenvalue weighted by Gasteiger charge is 2.15. The lowest BCUT2D eigenvalue weighted by molar-refractivity contribution is 0.322. The van der Waals surface area contributed by atoms with Crippen LogP contribution in [0.25, 0.3) is 11.0 Å². The first kappa shape index (κ1) is 13.8. The predicted molar refractivity (Wildman–Crippen MR) is 79.8 cm³/mol. The second-order valence-corrected chi connectivity index (χ2v) is 5.68. The van der Waals surface area contributed by atoms with Crippen LogP contribution in [0.1, 0.15) is 18.7 Å². The molecule has 20 heavy (non-hydrogen) atoms. The van der Waals surface area contributed by atoms with Gasteiger partial charge in [0.2, 0.25) is 0 Å². The van der Waals surface area contributed by atoms with Crippen LogP contribution in [0.2, 0.25) is 0 Å². The van der Waals surface area contributed by atoms with Crippen molar-refractivity contribution >= 4 is 22.6 Å². The van der Waals surface area contributed by atoms with Crippen LogP contribution in [-0.4, -0.2) is 40.0 Å². The molecule has 1 saturated heterocycles. The molecule has 0 amide bonds. The minimum Gasteiger partial charge on any atom is -0.327 e. The van der Waals surface area contributed by atoms with E-state index in [-0.39, 0.29) is 5.82 Å². The molecule has 1 aliphatic heterocycles. The standard InChI is InChI=1S/C15H19ClFN3/c16-6-5-15-18-13-4-3-12(17)11-14(13)20(15)10-9-19-7-1-2-8-19/h3-4,11H,1-2,5-10H2. The molecule has 0 aliphatic carbocycles. The van der Waals surface area contributed by atoms with Crippen LogP contribution in [0.4, 0.5) is 4.39 Å². The maximum atomic E-state index is 13.5. The smallest absolute Gasteiger partial charge is 0.125 e. The number of nitrogens with zero attached hydrogens (tertiary/aromatic N) is 3. The summed E-state index contributed by atoms with van der Waals surface area (Å²) in [7, 11) is 0. The highest BCUT2D eigenvalue weighted by Crippen LogP contribution is 2.19. The summed E-state index contributed by atoms with van der Waals surface area (Å²) in [4.78, 5) is 7.04. The fourth-order valence-corrected chi connectivity index (χ4v) is 3.09. The number of alkyl halides is 1. The molecule has 3 rings (SSSR count). The van der Waals surface area contributed by atoms with Gasteiger partial charge in [0.05, 0.1) is 11.0 Å². The lowest BCUT2D eigenvalue weighted by atomic mass is 10.3. The van der Waals surface area contributed by atoms with Crippen molar-refractivity contribution in [1.29, 1.82) is 0 Å². The molecule has 0 saturated carbocycles. The third-order valence-electron chi connectivity index (χ3n) is 3.95. The highest BCUT2D eigenvalue weighted by atomic mass is 35.5. The summed E-state index contributed by atoms with van der Waals surface area (Å²) in [6, 6.07) is 4.78. The fourth-order valence-electron chi connectivity index (χ4n) is 2.92. The Bertz CT molecular complexity index is 590. The van der Waals surface area contributed by atoms with Gasteiger partial charge < -0.3 is 9.47 Å². The topological polar surface area (TPSA) is 21.1 Å². The number of benzene rings is 1. The molecule has 5 heteroatoms. The second kappa shape index (κ2) is 6.10. The Morgan fingerprint density at radius 2 is 2.00 bits per heavy atom. The Morgan fingerprint density at radius 1 is 1.20 bits per heavy atom. The van der Waals surface area contributed by atoms with Crippen molar-refractivity contribution in [2.75, 3.05) is 25.5 Å². The monoisotopic (exact) mass is 295 g/mol. The van der Waals surface area contributed by atoms with Crippen molar-refractivity contribution in [1.82, 2.24) is 14.5 Å². The van der Waals surface area contributed by atoms with Crippen LogP contribution in [0.5, 0.6) is 0 Å². The van der Waals surface area contributed by atoms with Crippen molar-refractivity contribution in [3.05, 3.63) is 29.8 Å². The molecular weight excluding hydrogens is 277 g/mol. The number of aryl methyl sites for hydroxylation is 1. The van der Waals surface area contributed by atoms with E-state index >= 15 is 0 Å². The van der Waals surface area contributed by atoms with E-state index in [9.17, 15) is 4.39 Å². The molecule has 0 atom stereocenters. The van der Waals surface area contributed by atoms with Crippen molar-refractivity contribution < 1.29 is 4.39 Å². The van der Waals surface area contributed by atoms with Crippen molar-refractivity contribution in [2.45, 2.75) is 25.8 Å². The Hall–Kier alpha value is -1.13. The number of hydrogen-bond acceptors (Lipinski definition) is 2. The summed E-state index contributed by atoms with van der Waals surface area (Å²) in [6.45, 7) is 4.20. The Morgan fingerprint density at radius 3 is 2.75 bits per heavy atom. The first-order valence-corrected chi connectivity index (χ1v) is 7.74. The number of aromatic nitrogens is 2. The van der Waals surface area contributed by atoms with E-state index in [1.807, 2.05) is 0 Å². The van der Waals surface area contributed by atoms with Crippen LogP contribution in [0.3, 0.4) is 0 Å². The Balaban J connectivity index is 1.88. The zero-order valence-electron chi connectivity index (χ0n) is 11.5. The molecule has 0 radical (unpaired) electrons. The number of fused-ring (bicyclic) bond motifs is 1. The molecule has 1 aliphatic rings. The lowest BCUT2D eigenvalue weighted by Crippen LogP contribution is -2.24. The van der Waals surface area contributed by atoms with Gasteiger partial charge in [-0.25, -0.2) is 9.37 Å². The van der Waals surface area contributed by atoms with E-state index in [0.717, 1.165) is 36.4 Å². The van der Waals surface area contributed by atoms with Crippen molar-refractivity contribution in [3.63, 3.8) is 0 Å². The molecule has 1 aromatic heterocycles. The van der Waals surface area contributed by atoms with E-state index in [1.54, 1.807) is 12.1 Å². The molecule has 0 spiro atoms. The molecule has 3 nitrogen and oxygen atoms in total. The summed E-state index contributed by atoms with van der Waals surface area (Å²) in [6.07, 6.45) is 3.29. The largest absolute Gasteiger partial charge is 0.327 e. The van der Waals surface area contributed by atoms with Crippen molar-refractivity contribution in [3.8, 4) is 0 Å². The molecule has 108 valence electrons. The van der Waals surface area contributed by atoms with Crippen LogP contribution >= 0.6 is 11.6 Å². The summed E-state index contributed by atoms with van der Waals surface area (Å²) in [5, 5.41) is 0. The Labute approximate surface area is 123 Å². The second-order valence-electron chi connectivity index (χ2n) is 5.30.